The van der Waals surface area contributed by atoms with Gasteiger partial charge in [0.05, 0.1) is 23.8 Å². The fraction of sp³-hybridized carbons (Fsp3) is 0.667. The third-order valence-corrected chi connectivity index (χ3v) is 12.5. The molecule has 2 aliphatic heterocycles. The fourth-order valence-corrected chi connectivity index (χ4v) is 10.5. The normalized spacial score (nSPS) is 26.4. The highest BCUT2D eigenvalue weighted by atomic mass is 35.5. The van der Waals surface area contributed by atoms with E-state index in [1.807, 2.05) is 32.0 Å². The van der Waals surface area contributed by atoms with Crippen molar-refractivity contribution >= 4 is 44.9 Å². The summed E-state index contributed by atoms with van der Waals surface area (Å²) in [6.45, 7) is 30.6. The van der Waals surface area contributed by atoms with Gasteiger partial charge in [-0.2, -0.15) is 0 Å². The average molecular weight is 770 g/mol. The largest absolute Gasteiger partial charge is 0.494 e. The zero-order valence-electron chi connectivity index (χ0n) is 32.3. The smallest absolute Gasteiger partial charge is 0.225 e. The summed E-state index contributed by atoms with van der Waals surface area (Å²) in [5, 5.41) is 14.0. The Morgan fingerprint density at radius 2 is 1.41 bits per heavy atom. The molecule has 13 heteroatoms. The van der Waals surface area contributed by atoms with Gasteiger partial charge in [-0.3, -0.25) is 0 Å². The van der Waals surface area contributed by atoms with E-state index >= 15 is 0 Å². The van der Waals surface area contributed by atoms with Crippen molar-refractivity contribution in [2.45, 2.75) is 142 Å². The summed E-state index contributed by atoms with van der Waals surface area (Å²) in [4.78, 5) is 0. The highest BCUT2D eigenvalue weighted by molar-refractivity contribution is 6.71. The number of fused-ring (bicyclic) bond motifs is 1. The molecule has 276 valence electrons. The minimum atomic E-state index is -2.33. The minimum Gasteiger partial charge on any atom is -0.494 e. The first kappa shape index (κ1) is 40.7. The zero-order valence-corrected chi connectivity index (χ0v) is 37.0. The van der Waals surface area contributed by atoms with E-state index < -0.39 is 63.5 Å². The number of hydrogen-bond acceptors (Lipinski definition) is 8. The van der Waals surface area contributed by atoms with Gasteiger partial charge in [-0.05, 0) is 128 Å². The zero-order chi connectivity index (χ0) is 36.7. The monoisotopic (exact) mass is 768 g/mol. The summed E-state index contributed by atoms with van der Waals surface area (Å²) in [6, 6.07) is 10.0. The highest BCUT2D eigenvalue weighted by Crippen LogP contribution is 2.50. The summed E-state index contributed by atoms with van der Waals surface area (Å²) >= 11 is 7.19. The SMILES string of the molecule is CCOc1ccc(Cc2cc(C3(O)O[C@H](CO[Si](C)(C)C)[C@@H](O[Si](C)(C)C)[C@H](O[Si](C)(C)C)[C@H]3O[Si](C)(C)C)c3c(c2Cl)CC(C)O3)cc1. The van der Waals surface area contributed by atoms with Crippen LogP contribution in [0.15, 0.2) is 30.3 Å². The van der Waals surface area contributed by atoms with Gasteiger partial charge >= 0.3 is 0 Å². The van der Waals surface area contributed by atoms with Crippen LogP contribution in [0.4, 0.5) is 0 Å². The molecule has 0 radical (unpaired) electrons. The third kappa shape index (κ3) is 10.8. The third-order valence-electron chi connectivity index (χ3n) is 8.06. The Kier molecular flexibility index (Phi) is 12.6. The van der Waals surface area contributed by atoms with E-state index in [0.717, 1.165) is 22.4 Å². The molecule has 1 fully saturated rings. The quantitative estimate of drug-likeness (QED) is 0.191. The molecule has 1 saturated heterocycles. The Labute approximate surface area is 304 Å². The number of ether oxygens (including phenoxy) is 3. The van der Waals surface area contributed by atoms with Crippen molar-refractivity contribution in [1.29, 1.82) is 0 Å². The van der Waals surface area contributed by atoms with Crippen LogP contribution in [0.1, 0.15) is 36.1 Å². The first-order chi connectivity index (χ1) is 22.4. The first-order valence-electron chi connectivity index (χ1n) is 17.7. The van der Waals surface area contributed by atoms with Crippen molar-refractivity contribution in [2.24, 2.45) is 0 Å². The maximum Gasteiger partial charge on any atom is 0.225 e. The molecule has 0 bridgehead atoms. The van der Waals surface area contributed by atoms with E-state index in [0.29, 0.717) is 35.8 Å². The van der Waals surface area contributed by atoms with Gasteiger partial charge < -0.3 is 37.0 Å². The molecule has 8 nitrogen and oxygen atoms in total. The van der Waals surface area contributed by atoms with Crippen LogP contribution in [0, 0.1) is 0 Å². The van der Waals surface area contributed by atoms with Crippen molar-refractivity contribution in [2.75, 3.05) is 13.2 Å². The lowest BCUT2D eigenvalue weighted by molar-refractivity contribution is -0.349. The van der Waals surface area contributed by atoms with E-state index in [-0.39, 0.29) is 12.7 Å². The summed E-state index contributed by atoms with van der Waals surface area (Å²) in [7, 11) is -8.71. The van der Waals surface area contributed by atoms with E-state index in [9.17, 15) is 5.11 Å². The van der Waals surface area contributed by atoms with Crippen molar-refractivity contribution in [3.05, 3.63) is 57.6 Å². The van der Waals surface area contributed by atoms with Crippen LogP contribution >= 0.6 is 11.6 Å². The van der Waals surface area contributed by atoms with Crippen LogP contribution < -0.4 is 9.47 Å². The predicted octanol–water partition coefficient (Wildman–Crippen LogP) is 8.71. The van der Waals surface area contributed by atoms with Gasteiger partial charge in [0, 0.05) is 12.0 Å². The molecule has 0 aromatic heterocycles. The summed E-state index contributed by atoms with van der Waals surface area (Å²) < 4.78 is 46.7. The fourth-order valence-electron chi connectivity index (χ4n) is 6.36. The standard InChI is InChI=1S/C36H61ClO8Si4/c1-15-39-27-18-16-25(17-19-27)21-26-22-29(32-28(31(26)37)20-24(2)41-32)36(38)35(45-49(12,13)14)34(44-48(9,10)11)33(43-47(6,7)8)30(42-36)23-40-46(3,4)5/h16-19,22,24,30,33-35,38H,15,20-21,23H2,1-14H3/t24?,30-,33-,34+,35-,36?/m1/s1. The van der Waals surface area contributed by atoms with E-state index in [2.05, 4.69) is 90.7 Å². The number of benzene rings is 2. The molecule has 6 atom stereocenters. The van der Waals surface area contributed by atoms with Gasteiger partial charge in [0.15, 0.2) is 33.3 Å². The van der Waals surface area contributed by atoms with Crippen molar-refractivity contribution in [3.63, 3.8) is 0 Å². The summed E-state index contributed by atoms with van der Waals surface area (Å²) in [5.41, 5.74) is 3.32. The minimum absolute atomic E-state index is 0.126. The molecular weight excluding hydrogens is 708 g/mol. The topological polar surface area (TPSA) is 84.8 Å². The summed E-state index contributed by atoms with van der Waals surface area (Å²) in [6.07, 6.45) is -1.64. The summed E-state index contributed by atoms with van der Waals surface area (Å²) in [5.74, 6) is -0.578. The lowest BCUT2D eigenvalue weighted by Crippen LogP contribution is -2.69. The predicted molar refractivity (Wildman–Crippen MR) is 208 cm³/mol. The molecule has 4 rings (SSSR count). The van der Waals surface area contributed by atoms with Gasteiger partial charge in [0.2, 0.25) is 5.79 Å². The van der Waals surface area contributed by atoms with E-state index in [4.69, 9.17) is 43.5 Å². The Morgan fingerprint density at radius 1 is 0.837 bits per heavy atom. The lowest BCUT2D eigenvalue weighted by atomic mass is 9.85. The maximum atomic E-state index is 13.4. The van der Waals surface area contributed by atoms with Crippen LogP contribution in [0.2, 0.25) is 83.6 Å². The molecule has 2 aliphatic rings. The van der Waals surface area contributed by atoms with E-state index in [1.165, 1.54) is 0 Å². The van der Waals surface area contributed by atoms with Gasteiger partial charge in [-0.25, -0.2) is 0 Å². The second-order valence-corrected chi connectivity index (χ2v) is 35.7. The molecule has 0 spiro atoms. The molecule has 0 amide bonds. The van der Waals surface area contributed by atoms with Gasteiger partial charge in [0.1, 0.15) is 42.0 Å². The first-order valence-corrected chi connectivity index (χ1v) is 31.7. The molecule has 0 aliphatic carbocycles. The van der Waals surface area contributed by atoms with E-state index in [1.54, 1.807) is 0 Å². The molecule has 2 heterocycles. The van der Waals surface area contributed by atoms with Crippen molar-refractivity contribution in [1.82, 2.24) is 0 Å². The number of aliphatic hydroxyl groups is 1. The van der Waals surface area contributed by atoms with Gasteiger partial charge in [-0.1, -0.05) is 23.7 Å². The lowest BCUT2D eigenvalue weighted by Gasteiger charge is -2.54. The molecule has 1 N–H and O–H groups in total. The number of hydrogen-bond donors (Lipinski definition) is 1. The maximum absolute atomic E-state index is 13.4. The number of rotatable bonds is 14. The van der Waals surface area contributed by atoms with Crippen LogP contribution in [0.3, 0.4) is 0 Å². The molecule has 2 unspecified atom stereocenters. The molecular formula is C36H61ClO8Si4. The van der Waals surface area contributed by atoms with Gasteiger partial charge in [-0.15, -0.1) is 0 Å². The Balaban J connectivity index is 1.95. The Morgan fingerprint density at radius 3 is 1.94 bits per heavy atom. The second-order valence-electron chi connectivity index (χ2n) is 17.4. The van der Waals surface area contributed by atoms with Crippen molar-refractivity contribution in [3.8, 4) is 11.5 Å². The van der Waals surface area contributed by atoms with Crippen LogP contribution in [0.5, 0.6) is 11.5 Å². The molecule has 0 saturated carbocycles. The van der Waals surface area contributed by atoms with Crippen molar-refractivity contribution < 1.29 is 37.0 Å². The van der Waals surface area contributed by atoms with Crippen LogP contribution in [-0.2, 0) is 41.1 Å². The molecule has 49 heavy (non-hydrogen) atoms. The Bertz CT molecular complexity index is 1430. The Hall–Kier alpha value is -1.04. The second kappa shape index (κ2) is 15.1. The van der Waals surface area contributed by atoms with Crippen LogP contribution in [-0.4, -0.2) is 82.1 Å². The molecule has 2 aromatic rings. The van der Waals surface area contributed by atoms with Gasteiger partial charge in [0.25, 0.3) is 0 Å². The average Bonchev–Trinajstić information content (AvgIpc) is 3.33. The highest BCUT2D eigenvalue weighted by Gasteiger charge is 2.60. The molecule has 2 aromatic carbocycles. The number of halogens is 1. The van der Waals surface area contributed by atoms with Crippen LogP contribution in [0.25, 0.3) is 0 Å².